The van der Waals surface area contributed by atoms with E-state index in [4.69, 9.17) is 11.6 Å². The molecule has 1 aliphatic heterocycles. The fourth-order valence-corrected chi connectivity index (χ4v) is 2.17. The number of aryl methyl sites for hydroxylation is 1. The van der Waals surface area contributed by atoms with Gasteiger partial charge in [0.15, 0.2) is 0 Å². The summed E-state index contributed by atoms with van der Waals surface area (Å²) in [5.41, 5.74) is 1.14. The van der Waals surface area contributed by atoms with Crippen molar-refractivity contribution < 1.29 is 0 Å². The molecule has 1 aliphatic rings. The van der Waals surface area contributed by atoms with Crippen molar-refractivity contribution in [3.8, 4) is 0 Å². The van der Waals surface area contributed by atoms with Gasteiger partial charge in [0.2, 0.25) is 0 Å². The van der Waals surface area contributed by atoms with E-state index >= 15 is 0 Å². The SMILES string of the molecule is CC.Cc1cnc(N2CCC2)c2cnc(Cl)cc12. The van der Waals surface area contributed by atoms with Crippen LogP contribution >= 0.6 is 11.6 Å². The lowest BCUT2D eigenvalue weighted by atomic mass is 10.1. The lowest BCUT2D eigenvalue weighted by Crippen LogP contribution is -2.37. The van der Waals surface area contributed by atoms with Gasteiger partial charge in [0, 0.05) is 30.9 Å². The van der Waals surface area contributed by atoms with Gasteiger partial charge in [-0.3, -0.25) is 0 Å². The van der Waals surface area contributed by atoms with Gasteiger partial charge in [-0.25, -0.2) is 9.97 Å². The number of aromatic nitrogens is 2. The first-order chi connectivity index (χ1) is 8.75. The predicted molar refractivity (Wildman–Crippen MR) is 77.5 cm³/mol. The Morgan fingerprint density at radius 3 is 2.44 bits per heavy atom. The maximum Gasteiger partial charge on any atom is 0.137 e. The summed E-state index contributed by atoms with van der Waals surface area (Å²) < 4.78 is 0. The summed E-state index contributed by atoms with van der Waals surface area (Å²) in [7, 11) is 0. The van der Waals surface area contributed by atoms with Crippen molar-refractivity contribution in [1.29, 1.82) is 0 Å². The quantitative estimate of drug-likeness (QED) is 0.733. The van der Waals surface area contributed by atoms with Gasteiger partial charge in [-0.05, 0) is 30.4 Å². The highest BCUT2D eigenvalue weighted by atomic mass is 35.5. The standard InChI is InChI=1S/C12H12ClN3.C2H6/c1-8-6-15-12(16-3-2-4-16)10-7-14-11(13)5-9(8)10;1-2/h5-7H,2-4H2,1H3;1-2H3. The molecule has 3 rings (SSSR count). The molecule has 3 nitrogen and oxygen atoms in total. The van der Waals surface area contributed by atoms with Crippen LogP contribution in [0.5, 0.6) is 0 Å². The zero-order valence-electron chi connectivity index (χ0n) is 11.1. The summed E-state index contributed by atoms with van der Waals surface area (Å²) in [6, 6.07) is 1.91. The topological polar surface area (TPSA) is 29.0 Å². The van der Waals surface area contributed by atoms with E-state index in [1.807, 2.05) is 39.2 Å². The van der Waals surface area contributed by atoms with Gasteiger partial charge in [0.25, 0.3) is 0 Å². The number of rotatable bonds is 1. The lowest BCUT2D eigenvalue weighted by Gasteiger charge is -2.32. The van der Waals surface area contributed by atoms with Crippen molar-refractivity contribution in [3.63, 3.8) is 0 Å². The molecule has 0 unspecified atom stereocenters. The summed E-state index contributed by atoms with van der Waals surface area (Å²) in [6.45, 7) is 8.23. The van der Waals surface area contributed by atoms with Gasteiger partial charge in [-0.15, -0.1) is 0 Å². The van der Waals surface area contributed by atoms with Gasteiger partial charge in [0.1, 0.15) is 11.0 Å². The Morgan fingerprint density at radius 1 is 1.11 bits per heavy atom. The van der Waals surface area contributed by atoms with Crippen LogP contribution in [0.15, 0.2) is 18.5 Å². The molecule has 1 saturated heterocycles. The third-order valence-corrected chi connectivity index (χ3v) is 3.28. The Morgan fingerprint density at radius 2 is 1.83 bits per heavy atom. The molecule has 0 saturated carbocycles. The average Bonchev–Trinajstić information content (AvgIpc) is 2.33. The first kappa shape index (κ1) is 13.1. The van der Waals surface area contributed by atoms with Gasteiger partial charge >= 0.3 is 0 Å². The van der Waals surface area contributed by atoms with E-state index in [1.54, 1.807) is 0 Å². The molecule has 96 valence electrons. The number of anilines is 1. The molecule has 0 atom stereocenters. The summed E-state index contributed by atoms with van der Waals surface area (Å²) in [5.74, 6) is 1.04. The Labute approximate surface area is 113 Å². The zero-order chi connectivity index (χ0) is 13.1. The van der Waals surface area contributed by atoms with Crippen LogP contribution < -0.4 is 4.90 Å². The highest BCUT2D eigenvalue weighted by Gasteiger charge is 2.18. The number of fused-ring (bicyclic) bond motifs is 1. The largest absolute Gasteiger partial charge is 0.356 e. The van der Waals surface area contributed by atoms with Crippen molar-refractivity contribution in [2.75, 3.05) is 18.0 Å². The van der Waals surface area contributed by atoms with Crippen LogP contribution in [0.1, 0.15) is 25.8 Å². The minimum Gasteiger partial charge on any atom is -0.356 e. The molecule has 3 heterocycles. The molecule has 0 amide bonds. The predicted octanol–water partition coefficient (Wildman–Crippen LogP) is 3.83. The normalized spacial score (nSPS) is 13.9. The number of hydrogen-bond acceptors (Lipinski definition) is 3. The highest BCUT2D eigenvalue weighted by molar-refractivity contribution is 6.30. The molecule has 0 aromatic carbocycles. The molecular formula is C14H18ClN3. The van der Waals surface area contributed by atoms with Crippen LogP contribution in [-0.2, 0) is 0 Å². The first-order valence-corrected chi connectivity index (χ1v) is 6.79. The maximum absolute atomic E-state index is 5.93. The molecular weight excluding hydrogens is 246 g/mol. The molecule has 2 aromatic rings. The van der Waals surface area contributed by atoms with Crippen LogP contribution in [0.25, 0.3) is 10.8 Å². The van der Waals surface area contributed by atoms with Crippen LogP contribution in [0.3, 0.4) is 0 Å². The highest BCUT2D eigenvalue weighted by Crippen LogP contribution is 2.30. The summed E-state index contributed by atoms with van der Waals surface area (Å²) in [4.78, 5) is 10.9. The van der Waals surface area contributed by atoms with Crippen LogP contribution in [0.4, 0.5) is 5.82 Å². The first-order valence-electron chi connectivity index (χ1n) is 6.41. The van der Waals surface area contributed by atoms with E-state index in [2.05, 4.69) is 14.9 Å². The van der Waals surface area contributed by atoms with Gasteiger partial charge < -0.3 is 4.90 Å². The minimum absolute atomic E-state index is 0.538. The third-order valence-electron chi connectivity index (χ3n) is 3.07. The minimum atomic E-state index is 0.538. The van der Waals surface area contributed by atoms with Crippen molar-refractivity contribution in [2.45, 2.75) is 27.2 Å². The number of nitrogens with zero attached hydrogens (tertiary/aromatic N) is 3. The van der Waals surface area contributed by atoms with Gasteiger partial charge in [0.05, 0.1) is 0 Å². The molecule has 4 heteroatoms. The summed E-state index contributed by atoms with van der Waals surface area (Å²) in [6.07, 6.45) is 4.98. The summed E-state index contributed by atoms with van der Waals surface area (Å²) >= 11 is 5.93. The summed E-state index contributed by atoms with van der Waals surface area (Å²) in [5, 5.41) is 2.79. The van der Waals surface area contributed by atoms with Crippen molar-refractivity contribution >= 4 is 28.2 Å². The van der Waals surface area contributed by atoms with Crippen LogP contribution in [-0.4, -0.2) is 23.1 Å². The van der Waals surface area contributed by atoms with Crippen molar-refractivity contribution in [3.05, 3.63) is 29.2 Å². The van der Waals surface area contributed by atoms with Gasteiger partial charge in [-0.1, -0.05) is 25.4 Å². The lowest BCUT2D eigenvalue weighted by molar-refractivity contribution is 0.612. The Kier molecular flexibility index (Phi) is 4.02. The van der Waals surface area contributed by atoms with E-state index in [1.165, 1.54) is 6.42 Å². The second kappa shape index (κ2) is 5.53. The van der Waals surface area contributed by atoms with Gasteiger partial charge in [-0.2, -0.15) is 0 Å². The van der Waals surface area contributed by atoms with E-state index in [0.29, 0.717) is 5.15 Å². The molecule has 18 heavy (non-hydrogen) atoms. The Balaban J connectivity index is 0.000000574. The third kappa shape index (κ3) is 2.27. The molecule has 0 N–H and O–H groups in total. The number of halogens is 1. The van der Waals surface area contributed by atoms with Crippen molar-refractivity contribution in [1.82, 2.24) is 9.97 Å². The zero-order valence-corrected chi connectivity index (χ0v) is 11.8. The van der Waals surface area contributed by atoms with Crippen LogP contribution in [0, 0.1) is 6.92 Å². The molecule has 0 bridgehead atoms. The van der Waals surface area contributed by atoms with E-state index < -0.39 is 0 Å². The second-order valence-electron chi connectivity index (χ2n) is 4.16. The smallest absolute Gasteiger partial charge is 0.137 e. The van der Waals surface area contributed by atoms with Crippen molar-refractivity contribution in [2.24, 2.45) is 0 Å². The average molecular weight is 264 g/mol. The Bertz CT molecular complexity index is 550. The van der Waals surface area contributed by atoms with E-state index in [9.17, 15) is 0 Å². The molecule has 0 aliphatic carbocycles. The molecule has 0 spiro atoms. The second-order valence-corrected chi connectivity index (χ2v) is 4.55. The molecule has 1 fully saturated rings. The number of pyridine rings is 2. The fourth-order valence-electron chi connectivity index (χ4n) is 2.01. The maximum atomic E-state index is 5.93. The van der Waals surface area contributed by atoms with E-state index in [-0.39, 0.29) is 0 Å². The Hall–Kier alpha value is -1.35. The monoisotopic (exact) mass is 263 g/mol. The van der Waals surface area contributed by atoms with E-state index in [0.717, 1.165) is 35.2 Å². The number of hydrogen-bond donors (Lipinski definition) is 0. The molecule has 0 radical (unpaired) electrons. The van der Waals surface area contributed by atoms with Crippen LogP contribution in [0.2, 0.25) is 5.15 Å². The fraction of sp³-hybridized carbons (Fsp3) is 0.429. The molecule has 2 aromatic heterocycles.